The van der Waals surface area contributed by atoms with Crippen LogP contribution < -0.4 is 4.72 Å². The van der Waals surface area contributed by atoms with Crippen LogP contribution in [0.5, 0.6) is 0 Å². The number of aromatic carboxylic acids is 1. The van der Waals surface area contributed by atoms with E-state index in [1.165, 1.54) is 11.3 Å². The minimum absolute atomic E-state index is 0.127. The number of hydrogen-bond donors (Lipinski definition) is 2. The molecule has 0 fully saturated rings. The summed E-state index contributed by atoms with van der Waals surface area (Å²) in [5.74, 6) is -1.76. The lowest BCUT2D eigenvalue weighted by atomic mass is 10.2. The van der Waals surface area contributed by atoms with Crippen molar-refractivity contribution in [2.45, 2.75) is 11.3 Å². The van der Waals surface area contributed by atoms with E-state index in [0.29, 0.717) is 6.42 Å². The molecule has 0 aliphatic carbocycles. The van der Waals surface area contributed by atoms with Gasteiger partial charge in [-0.3, -0.25) is 0 Å². The Bertz CT molecular complexity index is 705. The third-order valence-electron chi connectivity index (χ3n) is 2.44. The maximum absolute atomic E-state index is 12.0. The Kier molecular flexibility index (Phi) is 4.63. The van der Waals surface area contributed by atoms with E-state index in [4.69, 9.17) is 9.52 Å². The molecule has 6 nitrogen and oxygen atoms in total. The number of sulfonamides is 1. The first kappa shape index (κ1) is 15.2. The number of nitrogens with one attached hydrogen (secondary N) is 1. The van der Waals surface area contributed by atoms with Crippen LogP contribution in [-0.4, -0.2) is 26.0 Å². The summed E-state index contributed by atoms with van der Waals surface area (Å²) in [6.45, 7) is 0.221. The first-order valence-electron chi connectivity index (χ1n) is 5.43. The maximum atomic E-state index is 12.0. The topological polar surface area (TPSA) is 96.6 Å². The second kappa shape index (κ2) is 6.08. The second-order valence-corrected chi connectivity index (χ2v) is 7.07. The first-order valence-corrected chi connectivity index (χ1v) is 8.65. The molecule has 2 aromatic heterocycles. The molecule has 9 heteroatoms. The average Bonchev–Trinajstić information content (AvgIpc) is 2.98. The molecule has 2 N–H and O–H groups in total. The molecule has 0 aromatic carbocycles. The third-order valence-corrected chi connectivity index (χ3v) is 5.49. The van der Waals surface area contributed by atoms with Gasteiger partial charge in [0.25, 0.3) is 0 Å². The lowest BCUT2D eigenvalue weighted by Gasteiger charge is -2.04. The quantitative estimate of drug-likeness (QED) is 0.802. The zero-order chi connectivity index (χ0) is 14.8. The van der Waals surface area contributed by atoms with Crippen LogP contribution in [0.3, 0.4) is 0 Å². The summed E-state index contributed by atoms with van der Waals surface area (Å²) in [4.78, 5) is 10.5. The zero-order valence-corrected chi connectivity index (χ0v) is 13.2. The molecule has 0 aliphatic rings. The molecule has 108 valence electrons. The van der Waals surface area contributed by atoms with Gasteiger partial charge in [-0.1, -0.05) is 0 Å². The van der Waals surface area contributed by atoms with Gasteiger partial charge in [0.05, 0.1) is 0 Å². The van der Waals surface area contributed by atoms with Gasteiger partial charge >= 0.3 is 5.97 Å². The van der Waals surface area contributed by atoms with Crippen LogP contribution in [0, 0.1) is 0 Å². The van der Waals surface area contributed by atoms with E-state index in [2.05, 4.69) is 20.7 Å². The zero-order valence-electron chi connectivity index (χ0n) is 10.00. The van der Waals surface area contributed by atoms with Gasteiger partial charge < -0.3 is 9.52 Å². The molecule has 0 saturated heterocycles. The predicted molar refractivity (Wildman–Crippen MR) is 76.6 cm³/mol. The van der Waals surface area contributed by atoms with Crippen LogP contribution >= 0.6 is 27.3 Å². The van der Waals surface area contributed by atoms with Crippen molar-refractivity contribution in [1.82, 2.24) is 4.72 Å². The van der Waals surface area contributed by atoms with Crippen LogP contribution in [0.15, 0.2) is 36.9 Å². The molecule has 2 rings (SSSR count). The highest BCUT2D eigenvalue weighted by molar-refractivity contribution is 9.10. The molecule has 0 amide bonds. The Morgan fingerprint density at radius 2 is 2.25 bits per heavy atom. The number of furan rings is 1. The van der Waals surface area contributed by atoms with Crippen molar-refractivity contribution >= 4 is 43.3 Å². The highest BCUT2D eigenvalue weighted by Crippen LogP contribution is 2.26. The Hall–Kier alpha value is -1.16. The van der Waals surface area contributed by atoms with Crippen molar-refractivity contribution in [2.24, 2.45) is 0 Å². The fraction of sp³-hybridized carbons (Fsp3) is 0.182. The van der Waals surface area contributed by atoms with Crippen molar-refractivity contribution in [3.63, 3.8) is 0 Å². The molecule has 0 radical (unpaired) electrons. The molecule has 0 aliphatic heterocycles. The third kappa shape index (κ3) is 3.48. The number of carboxylic acid groups (broad SMARTS) is 1. The van der Waals surface area contributed by atoms with Gasteiger partial charge in [0, 0.05) is 12.6 Å². The van der Waals surface area contributed by atoms with Crippen LogP contribution in [0.2, 0.25) is 0 Å². The van der Waals surface area contributed by atoms with Gasteiger partial charge in [-0.2, -0.15) is 11.3 Å². The molecule has 0 bridgehead atoms. The van der Waals surface area contributed by atoms with E-state index < -0.39 is 21.8 Å². The number of rotatable bonds is 6. The number of carboxylic acids is 1. The molecule has 0 atom stereocenters. The maximum Gasteiger partial charge on any atom is 0.371 e. The van der Waals surface area contributed by atoms with Crippen LogP contribution in [0.4, 0.5) is 0 Å². The molecule has 0 saturated carbocycles. The fourth-order valence-electron chi connectivity index (χ4n) is 1.48. The summed E-state index contributed by atoms with van der Waals surface area (Å²) in [5, 5.41) is 12.6. The number of thiophene rings is 1. The average molecular weight is 380 g/mol. The van der Waals surface area contributed by atoms with E-state index in [0.717, 1.165) is 11.6 Å². The Morgan fingerprint density at radius 1 is 1.50 bits per heavy atom. The van der Waals surface area contributed by atoms with Gasteiger partial charge in [-0.15, -0.1) is 0 Å². The van der Waals surface area contributed by atoms with Crippen LogP contribution in [0.1, 0.15) is 16.1 Å². The van der Waals surface area contributed by atoms with Crippen molar-refractivity contribution in [2.75, 3.05) is 6.54 Å². The molecule has 20 heavy (non-hydrogen) atoms. The molecule has 0 unspecified atom stereocenters. The number of carbonyl (C=O) groups is 1. The summed E-state index contributed by atoms with van der Waals surface area (Å²) in [6, 6.07) is 2.88. The monoisotopic (exact) mass is 379 g/mol. The van der Waals surface area contributed by atoms with Crippen LogP contribution in [-0.2, 0) is 16.4 Å². The van der Waals surface area contributed by atoms with E-state index >= 15 is 0 Å². The van der Waals surface area contributed by atoms with Crippen molar-refractivity contribution in [3.05, 3.63) is 38.9 Å². The molecule has 0 spiro atoms. The SMILES string of the molecule is O=C(O)c1cc(S(=O)(=O)NCCc2ccsc2)c(Br)o1. The van der Waals surface area contributed by atoms with Gasteiger partial charge in [-0.25, -0.2) is 17.9 Å². The normalized spacial score (nSPS) is 11.7. The smallest absolute Gasteiger partial charge is 0.371 e. The largest absolute Gasteiger partial charge is 0.475 e. The lowest BCUT2D eigenvalue weighted by molar-refractivity contribution is 0.0661. The molecule has 2 aromatic rings. The van der Waals surface area contributed by atoms with Gasteiger partial charge in [0.2, 0.25) is 15.8 Å². The molecular formula is C11H10BrNO5S2. The highest BCUT2D eigenvalue weighted by Gasteiger charge is 2.24. The van der Waals surface area contributed by atoms with Crippen molar-refractivity contribution < 1.29 is 22.7 Å². The van der Waals surface area contributed by atoms with E-state index in [-0.39, 0.29) is 16.1 Å². The Labute approximate surface area is 127 Å². The number of halogens is 1. The standard InChI is InChI=1S/C11H10BrNO5S2/c12-10-9(5-8(18-10)11(14)15)20(16,17)13-3-1-7-2-4-19-6-7/h2,4-6,13H,1,3H2,(H,14,15). The molecule has 2 heterocycles. The fourth-order valence-corrected chi connectivity index (χ4v) is 4.16. The minimum atomic E-state index is -3.81. The molecular weight excluding hydrogens is 370 g/mol. The lowest BCUT2D eigenvalue weighted by Crippen LogP contribution is -2.25. The van der Waals surface area contributed by atoms with Crippen LogP contribution in [0.25, 0.3) is 0 Å². The van der Waals surface area contributed by atoms with Gasteiger partial charge in [0.1, 0.15) is 4.90 Å². The summed E-state index contributed by atoms with van der Waals surface area (Å²) in [6.07, 6.45) is 0.560. The highest BCUT2D eigenvalue weighted by atomic mass is 79.9. The van der Waals surface area contributed by atoms with Crippen molar-refractivity contribution in [1.29, 1.82) is 0 Å². The number of hydrogen-bond acceptors (Lipinski definition) is 5. The Balaban J connectivity index is 2.08. The Morgan fingerprint density at radius 3 is 2.80 bits per heavy atom. The van der Waals surface area contributed by atoms with E-state index in [1.807, 2.05) is 16.8 Å². The second-order valence-electron chi connectivity index (χ2n) is 3.83. The summed E-state index contributed by atoms with van der Waals surface area (Å²) in [5.41, 5.74) is 1.04. The minimum Gasteiger partial charge on any atom is -0.475 e. The van der Waals surface area contributed by atoms with E-state index in [9.17, 15) is 13.2 Å². The summed E-state index contributed by atoms with van der Waals surface area (Å²) < 4.78 is 31.1. The van der Waals surface area contributed by atoms with E-state index in [1.54, 1.807) is 0 Å². The summed E-state index contributed by atoms with van der Waals surface area (Å²) >= 11 is 4.44. The van der Waals surface area contributed by atoms with Crippen molar-refractivity contribution in [3.8, 4) is 0 Å². The van der Waals surface area contributed by atoms with Gasteiger partial charge in [-0.05, 0) is 44.7 Å². The first-order chi connectivity index (χ1) is 9.40. The van der Waals surface area contributed by atoms with Gasteiger partial charge in [0.15, 0.2) is 4.67 Å². The predicted octanol–water partition coefficient (Wildman–Crippen LogP) is 2.32. The summed E-state index contributed by atoms with van der Waals surface area (Å²) in [7, 11) is -3.81.